The first-order chi connectivity index (χ1) is 13.9. The van der Waals surface area contributed by atoms with Gasteiger partial charge in [-0.15, -0.1) is 0 Å². The Morgan fingerprint density at radius 2 is 2.07 bits per heavy atom. The van der Waals surface area contributed by atoms with Crippen LogP contribution in [0.3, 0.4) is 0 Å². The molecular weight excluding hydrogens is 402 g/mol. The van der Waals surface area contributed by atoms with Crippen LogP contribution in [0.4, 0.5) is 19.5 Å². The maximum atomic E-state index is 14.0. The van der Waals surface area contributed by atoms with Crippen molar-refractivity contribution < 1.29 is 23.4 Å². The Morgan fingerprint density at radius 1 is 1.34 bits per heavy atom. The number of nitrogens with zero attached hydrogens (tertiary/aromatic N) is 2. The topological polar surface area (TPSA) is 110 Å². The summed E-state index contributed by atoms with van der Waals surface area (Å²) in [5.74, 6) is -1.92. The van der Waals surface area contributed by atoms with Crippen LogP contribution >= 0.6 is 11.3 Å². The number of anilines is 2. The fourth-order valence-electron chi connectivity index (χ4n) is 2.43. The van der Waals surface area contributed by atoms with E-state index in [2.05, 4.69) is 15.3 Å². The van der Waals surface area contributed by atoms with Crippen molar-refractivity contribution in [2.45, 2.75) is 19.4 Å². The Labute approximate surface area is 169 Å². The quantitative estimate of drug-likeness (QED) is 0.540. The van der Waals surface area contributed by atoms with Gasteiger partial charge in [0.2, 0.25) is 0 Å². The number of ether oxygens (including phenoxy) is 1. The van der Waals surface area contributed by atoms with Crippen LogP contribution in [0.25, 0.3) is 10.6 Å². The summed E-state index contributed by atoms with van der Waals surface area (Å²) < 4.78 is 33.5. The number of halogens is 2. The lowest BCUT2D eigenvalue weighted by molar-refractivity contribution is 0.102. The lowest BCUT2D eigenvalue weighted by Gasteiger charge is -2.12. The lowest BCUT2D eigenvalue weighted by Crippen LogP contribution is -2.15. The molecule has 0 aliphatic carbocycles. The zero-order valence-corrected chi connectivity index (χ0v) is 16.2. The zero-order valence-electron chi connectivity index (χ0n) is 15.4. The fourth-order valence-corrected chi connectivity index (χ4v) is 3.30. The number of nitrogens with one attached hydrogen (secondary N) is 1. The van der Waals surface area contributed by atoms with E-state index in [1.165, 1.54) is 18.5 Å². The number of pyridine rings is 1. The monoisotopic (exact) mass is 420 g/mol. The highest BCUT2D eigenvalue weighted by atomic mass is 32.1. The number of carbonyl (C=O) groups is 1. The summed E-state index contributed by atoms with van der Waals surface area (Å²) in [5.41, 5.74) is 5.63. The SMILES string of the molecule is CC(O)CCOc1ccncc1NC(=O)c1nc(-c2c(F)cccc2F)sc1N. The number of aliphatic hydroxyl groups is 1. The van der Waals surface area contributed by atoms with Gasteiger partial charge in [-0.3, -0.25) is 9.78 Å². The second-order valence-electron chi connectivity index (χ2n) is 6.14. The van der Waals surface area contributed by atoms with E-state index in [9.17, 15) is 18.7 Å². The average molecular weight is 420 g/mol. The van der Waals surface area contributed by atoms with E-state index in [1.807, 2.05) is 0 Å². The Morgan fingerprint density at radius 3 is 2.76 bits per heavy atom. The second kappa shape index (κ2) is 8.93. The number of aliphatic hydroxyl groups excluding tert-OH is 1. The van der Waals surface area contributed by atoms with Crippen LogP contribution in [0.5, 0.6) is 5.75 Å². The molecule has 0 saturated heterocycles. The van der Waals surface area contributed by atoms with Crippen molar-refractivity contribution in [3.05, 3.63) is 54.0 Å². The van der Waals surface area contributed by atoms with E-state index in [0.717, 1.165) is 23.5 Å². The zero-order chi connectivity index (χ0) is 21.0. The first kappa shape index (κ1) is 20.6. The van der Waals surface area contributed by atoms with Crippen LogP contribution in [0, 0.1) is 11.6 Å². The largest absolute Gasteiger partial charge is 0.491 e. The van der Waals surface area contributed by atoms with Crippen LogP contribution in [0.15, 0.2) is 36.7 Å². The molecule has 3 rings (SSSR count). The predicted molar refractivity (Wildman–Crippen MR) is 106 cm³/mol. The molecule has 1 aromatic carbocycles. The number of nitrogens with two attached hydrogens (primary N) is 1. The summed E-state index contributed by atoms with van der Waals surface area (Å²) in [6, 6.07) is 4.99. The molecule has 152 valence electrons. The van der Waals surface area contributed by atoms with E-state index in [1.54, 1.807) is 13.0 Å². The minimum Gasteiger partial charge on any atom is -0.491 e. The Balaban J connectivity index is 1.82. The summed E-state index contributed by atoms with van der Waals surface area (Å²) in [7, 11) is 0. The van der Waals surface area contributed by atoms with Gasteiger partial charge in [0.05, 0.1) is 24.5 Å². The molecule has 1 atom stereocenters. The third-order valence-electron chi connectivity index (χ3n) is 3.87. The van der Waals surface area contributed by atoms with Crippen molar-refractivity contribution >= 4 is 27.9 Å². The predicted octanol–water partition coefficient (Wildman–Crippen LogP) is 3.47. The molecule has 10 heteroatoms. The van der Waals surface area contributed by atoms with E-state index >= 15 is 0 Å². The van der Waals surface area contributed by atoms with Gasteiger partial charge in [-0.25, -0.2) is 13.8 Å². The lowest BCUT2D eigenvalue weighted by atomic mass is 10.2. The number of hydrogen-bond acceptors (Lipinski definition) is 7. The Kier molecular flexibility index (Phi) is 6.35. The molecule has 7 nitrogen and oxygen atoms in total. The molecule has 0 spiro atoms. The highest BCUT2D eigenvalue weighted by Crippen LogP contribution is 2.34. The molecule has 0 fully saturated rings. The van der Waals surface area contributed by atoms with Crippen LogP contribution in [0.2, 0.25) is 0 Å². The molecule has 1 unspecified atom stereocenters. The standard InChI is InChI=1S/C19H18F2N4O3S/c1-10(26)6-8-28-14-5-7-23-9-13(14)24-18(27)16-17(22)29-19(25-16)15-11(20)3-2-4-12(15)21/h2-5,7,9-10,26H,6,8,22H2,1H3,(H,24,27). The van der Waals surface area contributed by atoms with Crippen molar-refractivity contribution in [3.8, 4) is 16.3 Å². The van der Waals surface area contributed by atoms with Crippen LogP contribution < -0.4 is 15.8 Å². The van der Waals surface area contributed by atoms with Crippen molar-refractivity contribution in [2.24, 2.45) is 0 Å². The van der Waals surface area contributed by atoms with Crippen LogP contribution in [-0.2, 0) is 0 Å². The number of aromatic nitrogens is 2. The highest BCUT2D eigenvalue weighted by molar-refractivity contribution is 7.19. The minimum atomic E-state index is -0.799. The fraction of sp³-hybridized carbons (Fsp3) is 0.211. The van der Waals surface area contributed by atoms with E-state index in [4.69, 9.17) is 10.5 Å². The molecule has 0 aliphatic heterocycles. The Hall–Kier alpha value is -3.11. The third-order valence-corrected chi connectivity index (χ3v) is 4.77. The van der Waals surface area contributed by atoms with Gasteiger partial charge >= 0.3 is 0 Å². The molecule has 29 heavy (non-hydrogen) atoms. The normalized spacial score (nSPS) is 11.9. The molecule has 0 saturated carbocycles. The maximum Gasteiger partial charge on any atom is 0.277 e. The van der Waals surface area contributed by atoms with Crippen molar-refractivity contribution in [3.63, 3.8) is 0 Å². The summed E-state index contributed by atoms with van der Waals surface area (Å²) in [4.78, 5) is 20.6. The summed E-state index contributed by atoms with van der Waals surface area (Å²) in [5, 5.41) is 11.9. The van der Waals surface area contributed by atoms with Gasteiger partial charge in [0.25, 0.3) is 5.91 Å². The molecular formula is C19H18F2N4O3S. The van der Waals surface area contributed by atoms with Gasteiger partial charge in [-0.1, -0.05) is 17.4 Å². The first-order valence-corrected chi connectivity index (χ1v) is 9.45. The average Bonchev–Trinajstić information content (AvgIpc) is 3.04. The van der Waals surface area contributed by atoms with Crippen LogP contribution in [0.1, 0.15) is 23.8 Å². The molecule has 2 heterocycles. The van der Waals surface area contributed by atoms with E-state index in [-0.39, 0.29) is 33.6 Å². The van der Waals surface area contributed by atoms with Gasteiger partial charge in [-0.05, 0) is 19.1 Å². The number of nitrogen functional groups attached to an aromatic ring is 1. The maximum absolute atomic E-state index is 14.0. The number of thiazole rings is 1. The molecule has 2 aromatic heterocycles. The first-order valence-electron chi connectivity index (χ1n) is 8.63. The summed E-state index contributed by atoms with van der Waals surface area (Å²) in [6.07, 6.45) is 2.76. The van der Waals surface area contributed by atoms with E-state index in [0.29, 0.717) is 12.2 Å². The number of rotatable bonds is 7. The van der Waals surface area contributed by atoms with E-state index < -0.39 is 23.6 Å². The van der Waals surface area contributed by atoms with Gasteiger partial charge in [-0.2, -0.15) is 0 Å². The molecule has 0 bridgehead atoms. The number of carbonyl (C=O) groups excluding carboxylic acids is 1. The second-order valence-corrected chi connectivity index (χ2v) is 7.17. The molecule has 4 N–H and O–H groups in total. The van der Waals surface area contributed by atoms with Crippen molar-refractivity contribution in [1.82, 2.24) is 9.97 Å². The molecule has 3 aromatic rings. The summed E-state index contributed by atoms with van der Waals surface area (Å²) in [6.45, 7) is 1.87. The number of hydrogen-bond donors (Lipinski definition) is 3. The molecule has 1 amide bonds. The highest BCUT2D eigenvalue weighted by Gasteiger charge is 2.22. The third kappa shape index (κ3) is 4.84. The number of amides is 1. The van der Waals surface area contributed by atoms with Gasteiger partial charge in [0.15, 0.2) is 5.69 Å². The number of benzene rings is 1. The smallest absolute Gasteiger partial charge is 0.277 e. The van der Waals surface area contributed by atoms with Gasteiger partial charge in [0.1, 0.15) is 33.1 Å². The van der Waals surface area contributed by atoms with Crippen molar-refractivity contribution in [1.29, 1.82) is 0 Å². The molecule has 0 radical (unpaired) electrons. The summed E-state index contributed by atoms with van der Waals surface area (Å²) >= 11 is 0.807. The van der Waals surface area contributed by atoms with Gasteiger partial charge in [0, 0.05) is 18.7 Å². The van der Waals surface area contributed by atoms with Crippen LogP contribution in [-0.4, -0.2) is 33.7 Å². The molecule has 0 aliphatic rings. The van der Waals surface area contributed by atoms with Gasteiger partial charge < -0.3 is 20.9 Å². The minimum absolute atomic E-state index is 0.0145. The van der Waals surface area contributed by atoms with Crippen molar-refractivity contribution in [2.75, 3.05) is 17.7 Å². The Bertz CT molecular complexity index is 1010.